The molecule has 5 nitrogen and oxygen atoms in total. The molecule has 1 saturated heterocycles. The van der Waals surface area contributed by atoms with Crippen LogP contribution in [0.15, 0.2) is 24.3 Å². The molecule has 1 aliphatic heterocycles. The van der Waals surface area contributed by atoms with Crippen molar-refractivity contribution in [2.45, 2.75) is 44.9 Å². The third-order valence-corrected chi connectivity index (χ3v) is 4.46. The van der Waals surface area contributed by atoms with E-state index < -0.39 is 0 Å². The van der Waals surface area contributed by atoms with E-state index in [2.05, 4.69) is 5.32 Å². The molecule has 2 amide bonds. The van der Waals surface area contributed by atoms with E-state index in [-0.39, 0.29) is 30.8 Å². The fourth-order valence-electron chi connectivity index (χ4n) is 2.73. The first-order valence-electron chi connectivity index (χ1n) is 8.07. The molecule has 1 aromatic rings. The van der Waals surface area contributed by atoms with Crippen LogP contribution in [-0.4, -0.2) is 47.9 Å². The number of hydrogen-bond donors (Lipinski definition) is 2. The molecule has 1 heterocycles. The summed E-state index contributed by atoms with van der Waals surface area (Å²) in [5.41, 5.74) is 0.909. The minimum Gasteiger partial charge on any atom is -0.396 e. The number of aliphatic hydroxyl groups excluding tert-OH is 1. The van der Waals surface area contributed by atoms with Gasteiger partial charge < -0.3 is 20.1 Å². The summed E-state index contributed by atoms with van der Waals surface area (Å²) in [5.74, 6) is 0. The molecular weight excluding hydrogens is 316 g/mol. The van der Waals surface area contributed by atoms with Crippen LogP contribution in [0.25, 0.3) is 0 Å². The Hall–Kier alpha value is -1.30. The number of aliphatic hydroxyl groups is 1. The molecule has 6 heteroatoms. The maximum atomic E-state index is 12.5. The predicted molar refractivity (Wildman–Crippen MR) is 90.6 cm³/mol. The van der Waals surface area contributed by atoms with Gasteiger partial charge in [-0.2, -0.15) is 0 Å². The molecule has 128 valence electrons. The number of hydrogen-bond acceptors (Lipinski definition) is 3. The van der Waals surface area contributed by atoms with E-state index in [0.29, 0.717) is 24.6 Å². The molecule has 3 unspecified atom stereocenters. The largest absolute Gasteiger partial charge is 0.396 e. The van der Waals surface area contributed by atoms with E-state index in [4.69, 9.17) is 21.4 Å². The highest BCUT2D eigenvalue weighted by Gasteiger charge is 2.31. The van der Waals surface area contributed by atoms with Crippen LogP contribution in [-0.2, 0) is 4.74 Å². The minimum absolute atomic E-state index is 0.0128. The Kier molecular flexibility index (Phi) is 6.69. The lowest BCUT2D eigenvalue weighted by molar-refractivity contribution is -0.0430. The summed E-state index contributed by atoms with van der Waals surface area (Å²) in [7, 11) is 0. The Balaban J connectivity index is 2.00. The number of urea groups is 1. The zero-order valence-corrected chi connectivity index (χ0v) is 14.4. The van der Waals surface area contributed by atoms with E-state index in [1.54, 1.807) is 4.90 Å². The number of amides is 2. The SMILES string of the molecule is CC(CCCO)NC(=O)N1CC(c2ccccc2Cl)OCC1C. The summed E-state index contributed by atoms with van der Waals surface area (Å²) in [5, 5.41) is 12.5. The number of nitrogens with one attached hydrogen (secondary N) is 1. The van der Waals surface area contributed by atoms with E-state index in [1.807, 2.05) is 38.1 Å². The molecule has 0 spiro atoms. The second-order valence-corrected chi connectivity index (χ2v) is 6.47. The highest BCUT2D eigenvalue weighted by molar-refractivity contribution is 6.31. The summed E-state index contributed by atoms with van der Waals surface area (Å²) in [4.78, 5) is 14.3. The van der Waals surface area contributed by atoms with Crippen LogP contribution in [0.4, 0.5) is 4.79 Å². The Morgan fingerprint density at radius 3 is 2.96 bits per heavy atom. The van der Waals surface area contributed by atoms with Crippen LogP contribution in [0.3, 0.4) is 0 Å². The normalized spacial score (nSPS) is 22.7. The summed E-state index contributed by atoms with van der Waals surface area (Å²) in [6.45, 7) is 5.02. The third-order valence-electron chi connectivity index (χ3n) is 4.11. The van der Waals surface area contributed by atoms with Crippen molar-refractivity contribution < 1.29 is 14.6 Å². The standard InChI is InChI=1S/C17H25ClN2O3/c1-12(6-5-9-21)19-17(22)20-10-16(23-11-13(20)2)14-7-3-4-8-15(14)18/h3-4,7-8,12-13,16,21H,5-6,9-11H2,1-2H3,(H,19,22). The first kappa shape index (κ1) is 18.0. The fourth-order valence-corrected chi connectivity index (χ4v) is 2.98. The number of morpholine rings is 1. The Bertz CT molecular complexity index is 526. The van der Waals surface area contributed by atoms with Gasteiger partial charge in [-0.1, -0.05) is 29.8 Å². The van der Waals surface area contributed by atoms with E-state index >= 15 is 0 Å². The van der Waals surface area contributed by atoms with E-state index in [9.17, 15) is 4.79 Å². The van der Waals surface area contributed by atoms with Gasteiger partial charge in [0.25, 0.3) is 0 Å². The molecule has 0 radical (unpaired) electrons. The van der Waals surface area contributed by atoms with Crippen molar-refractivity contribution in [2.24, 2.45) is 0 Å². The van der Waals surface area contributed by atoms with Gasteiger partial charge in [0, 0.05) is 23.2 Å². The monoisotopic (exact) mass is 340 g/mol. The molecule has 0 aromatic heterocycles. The molecule has 0 bridgehead atoms. The van der Waals surface area contributed by atoms with Gasteiger partial charge in [0.1, 0.15) is 6.10 Å². The number of halogens is 1. The van der Waals surface area contributed by atoms with Crippen molar-refractivity contribution in [2.75, 3.05) is 19.8 Å². The quantitative estimate of drug-likeness (QED) is 0.866. The van der Waals surface area contributed by atoms with Crippen molar-refractivity contribution in [3.8, 4) is 0 Å². The molecule has 1 fully saturated rings. The van der Waals surface area contributed by atoms with Crippen LogP contribution >= 0.6 is 11.6 Å². The lowest BCUT2D eigenvalue weighted by Crippen LogP contribution is -2.53. The van der Waals surface area contributed by atoms with Crippen molar-refractivity contribution in [1.29, 1.82) is 0 Å². The molecule has 0 aliphatic carbocycles. The Labute approximate surface area is 142 Å². The van der Waals surface area contributed by atoms with Gasteiger partial charge in [-0.25, -0.2) is 4.79 Å². The summed E-state index contributed by atoms with van der Waals surface area (Å²) in [6, 6.07) is 7.52. The molecule has 23 heavy (non-hydrogen) atoms. The van der Waals surface area contributed by atoms with Crippen LogP contribution in [0.5, 0.6) is 0 Å². The van der Waals surface area contributed by atoms with Crippen LogP contribution < -0.4 is 5.32 Å². The van der Waals surface area contributed by atoms with Crippen LogP contribution in [0, 0.1) is 0 Å². The molecule has 3 atom stereocenters. The van der Waals surface area contributed by atoms with Gasteiger partial charge in [-0.3, -0.25) is 0 Å². The van der Waals surface area contributed by atoms with Gasteiger partial charge in [0.2, 0.25) is 0 Å². The van der Waals surface area contributed by atoms with E-state index in [1.165, 1.54) is 0 Å². The fraction of sp³-hybridized carbons (Fsp3) is 0.588. The van der Waals surface area contributed by atoms with Crippen molar-refractivity contribution in [1.82, 2.24) is 10.2 Å². The van der Waals surface area contributed by atoms with Gasteiger partial charge in [-0.05, 0) is 32.8 Å². The zero-order chi connectivity index (χ0) is 16.8. The van der Waals surface area contributed by atoms with Crippen LogP contribution in [0.2, 0.25) is 5.02 Å². The molecule has 1 aliphatic rings. The number of rotatable bonds is 5. The number of carbonyl (C=O) groups excluding carboxylic acids is 1. The second kappa shape index (κ2) is 8.52. The van der Waals surface area contributed by atoms with Crippen LogP contribution in [0.1, 0.15) is 38.4 Å². The van der Waals surface area contributed by atoms with Crippen molar-refractivity contribution >= 4 is 17.6 Å². The topological polar surface area (TPSA) is 61.8 Å². The predicted octanol–water partition coefficient (Wildman–Crippen LogP) is 2.97. The highest BCUT2D eigenvalue weighted by atomic mass is 35.5. The molecule has 2 rings (SSSR count). The lowest BCUT2D eigenvalue weighted by Gasteiger charge is -2.38. The maximum absolute atomic E-state index is 12.5. The number of nitrogens with zero attached hydrogens (tertiary/aromatic N) is 1. The average molecular weight is 341 g/mol. The molecular formula is C17H25ClN2O3. The summed E-state index contributed by atoms with van der Waals surface area (Å²) >= 11 is 6.24. The highest BCUT2D eigenvalue weighted by Crippen LogP contribution is 2.29. The number of carbonyl (C=O) groups is 1. The zero-order valence-electron chi connectivity index (χ0n) is 13.7. The number of ether oxygens (including phenoxy) is 1. The Morgan fingerprint density at radius 1 is 1.52 bits per heavy atom. The van der Waals surface area contributed by atoms with Crippen molar-refractivity contribution in [3.63, 3.8) is 0 Å². The van der Waals surface area contributed by atoms with E-state index in [0.717, 1.165) is 12.0 Å². The first-order chi connectivity index (χ1) is 11.0. The summed E-state index contributed by atoms with van der Waals surface area (Å²) < 4.78 is 5.87. The maximum Gasteiger partial charge on any atom is 0.318 e. The van der Waals surface area contributed by atoms with Crippen molar-refractivity contribution in [3.05, 3.63) is 34.9 Å². The van der Waals surface area contributed by atoms with Gasteiger partial charge in [-0.15, -0.1) is 0 Å². The second-order valence-electron chi connectivity index (χ2n) is 6.06. The lowest BCUT2D eigenvalue weighted by atomic mass is 10.1. The minimum atomic E-state index is -0.210. The summed E-state index contributed by atoms with van der Waals surface area (Å²) in [6.07, 6.45) is 1.23. The van der Waals surface area contributed by atoms with Gasteiger partial charge >= 0.3 is 6.03 Å². The first-order valence-corrected chi connectivity index (χ1v) is 8.44. The molecule has 1 aromatic carbocycles. The Morgan fingerprint density at radius 2 is 2.26 bits per heavy atom. The number of benzene rings is 1. The molecule has 2 N–H and O–H groups in total. The third kappa shape index (κ3) is 4.83. The van der Waals surface area contributed by atoms with Gasteiger partial charge in [0.05, 0.1) is 19.2 Å². The van der Waals surface area contributed by atoms with Gasteiger partial charge in [0.15, 0.2) is 0 Å². The average Bonchev–Trinajstić information content (AvgIpc) is 2.54. The molecule has 0 saturated carbocycles. The smallest absolute Gasteiger partial charge is 0.318 e.